The predicted octanol–water partition coefficient (Wildman–Crippen LogP) is 16.3. The first kappa shape index (κ1) is 38.4. The molecule has 0 N–H and O–H groups in total. The molecule has 0 spiro atoms. The van der Waals surface area contributed by atoms with E-state index in [0.29, 0.717) is 0 Å². The third-order valence-corrected chi connectivity index (χ3v) is 14.6. The second-order valence-corrected chi connectivity index (χ2v) is 18.4. The van der Waals surface area contributed by atoms with Crippen molar-refractivity contribution in [3.05, 3.63) is 211 Å². The van der Waals surface area contributed by atoms with Crippen LogP contribution in [0.3, 0.4) is 0 Å². The smallest absolute Gasteiger partial charge is 0.0541 e. The van der Waals surface area contributed by atoms with E-state index in [9.17, 15) is 0 Å². The van der Waals surface area contributed by atoms with Crippen LogP contribution in [-0.2, 0) is 10.8 Å². The van der Waals surface area contributed by atoms with Crippen molar-refractivity contribution >= 4 is 55.9 Å². The Balaban J connectivity index is 1.03. The molecule has 3 heteroatoms. The standard InChI is InChI=1S/C58H53N3/c1-40-37-41(27-35-53(40)60(45-23-15-10-16-24-45)48-33-34-51-52(39-48)57(4,5)58(6,7)56(51,2)3)42-28-36-55-50(38-42)49-25-17-18-26-54(49)61(55)47-31-29-46(30-32-47)59(43-19-11-8-12-20-43)44-21-13-9-14-22-44/h8-39H,1-7H3. The summed E-state index contributed by atoms with van der Waals surface area (Å²) in [4.78, 5) is 4.75. The van der Waals surface area contributed by atoms with Gasteiger partial charge in [-0.1, -0.05) is 133 Å². The SMILES string of the molecule is Cc1cc(-c2ccc3c(c2)c2ccccc2n3-c2ccc(N(c3ccccc3)c3ccccc3)cc2)ccc1N(c1ccccc1)c1ccc2c(c1)C(C)(C)C(C)(C)C2(C)C. The van der Waals surface area contributed by atoms with Gasteiger partial charge in [-0.3, -0.25) is 0 Å². The summed E-state index contributed by atoms with van der Waals surface area (Å²) in [7, 11) is 0. The maximum Gasteiger partial charge on any atom is 0.0541 e. The summed E-state index contributed by atoms with van der Waals surface area (Å²) in [6, 6.07) is 70.9. The van der Waals surface area contributed by atoms with Crippen LogP contribution in [0.25, 0.3) is 38.6 Å². The van der Waals surface area contributed by atoms with E-state index in [-0.39, 0.29) is 16.2 Å². The maximum atomic E-state index is 2.46. The predicted molar refractivity (Wildman–Crippen MR) is 260 cm³/mol. The van der Waals surface area contributed by atoms with Gasteiger partial charge in [0.1, 0.15) is 0 Å². The van der Waals surface area contributed by atoms with E-state index in [0.717, 1.165) is 28.4 Å². The normalized spacial score (nSPS) is 14.9. The molecule has 0 fully saturated rings. The van der Waals surface area contributed by atoms with Crippen LogP contribution in [0, 0.1) is 12.3 Å². The van der Waals surface area contributed by atoms with E-state index >= 15 is 0 Å². The Hall–Kier alpha value is -6.84. The van der Waals surface area contributed by atoms with Gasteiger partial charge < -0.3 is 14.4 Å². The summed E-state index contributed by atoms with van der Waals surface area (Å²) in [5.41, 5.74) is 17.1. The summed E-state index contributed by atoms with van der Waals surface area (Å²) >= 11 is 0. The summed E-state index contributed by atoms with van der Waals surface area (Å²) in [6.45, 7) is 16.8. The van der Waals surface area contributed by atoms with Crippen LogP contribution in [-0.4, -0.2) is 4.57 Å². The van der Waals surface area contributed by atoms with Crippen molar-refractivity contribution in [2.24, 2.45) is 5.41 Å². The topological polar surface area (TPSA) is 11.4 Å². The molecule has 61 heavy (non-hydrogen) atoms. The third kappa shape index (κ3) is 6.09. The third-order valence-electron chi connectivity index (χ3n) is 14.6. The number of nitrogens with zero attached hydrogens (tertiary/aromatic N) is 3. The van der Waals surface area contributed by atoms with Crippen LogP contribution in [0.1, 0.15) is 58.2 Å². The lowest BCUT2D eigenvalue weighted by Gasteiger charge is -2.44. The molecular formula is C58H53N3. The molecule has 0 saturated heterocycles. The summed E-state index contributed by atoms with van der Waals surface area (Å²) < 4.78 is 2.40. The second kappa shape index (κ2) is 14.4. The Morgan fingerprint density at radius 3 is 1.49 bits per heavy atom. The van der Waals surface area contributed by atoms with E-state index in [1.54, 1.807) is 0 Å². The number of benzene rings is 8. The molecule has 0 unspecified atom stereocenters. The quantitative estimate of drug-likeness (QED) is 0.152. The van der Waals surface area contributed by atoms with Crippen LogP contribution < -0.4 is 9.80 Å². The van der Waals surface area contributed by atoms with Crippen LogP contribution >= 0.6 is 0 Å². The number of hydrogen-bond donors (Lipinski definition) is 0. The zero-order valence-corrected chi connectivity index (χ0v) is 36.3. The minimum absolute atomic E-state index is 0.0141. The van der Waals surface area contributed by atoms with Gasteiger partial charge in [-0.05, 0) is 154 Å². The molecule has 300 valence electrons. The highest BCUT2D eigenvalue weighted by molar-refractivity contribution is 6.10. The van der Waals surface area contributed by atoms with Crippen LogP contribution in [0.4, 0.5) is 34.1 Å². The maximum absolute atomic E-state index is 2.46. The summed E-state index contributed by atoms with van der Waals surface area (Å²) in [5, 5.41) is 2.49. The van der Waals surface area contributed by atoms with Gasteiger partial charge >= 0.3 is 0 Å². The second-order valence-electron chi connectivity index (χ2n) is 18.4. The summed E-state index contributed by atoms with van der Waals surface area (Å²) in [5.74, 6) is 0. The van der Waals surface area contributed by atoms with E-state index in [4.69, 9.17) is 0 Å². The van der Waals surface area contributed by atoms with Gasteiger partial charge in [0.15, 0.2) is 0 Å². The van der Waals surface area contributed by atoms with Gasteiger partial charge in [0, 0.05) is 50.6 Å². The van der Waals surface area contributed by atoms with E-state index in [1.807, 2.05) is 0 Å². The lowest BCUT2D eigenvalue weighted by molar-refractivity contribution is 0.125. The number of fused-ring (bicyclic) bond motifs is 4. The fourth-order valence-corrected chi connectivity index (χ4v) is 10.1. The Labute approximate surface area is 361 Å². The van der Waals surface area contributed by atoms with Gasteiger partial charge in [-0.2, -0.15) is 0 Å². The average molecular weight is 792 g/mol. The van der Waals surface area contributed by atoms with Crippen molar-refractivity contribution in [3.8, 4) is 16.8 Å². The largest absolute Gasteiger partial charge is 0.311 e. The Bertz CT molecular complexity index is 3010. The number of hydrogen-bond acceptors (Lipinski definition) is 2. The first-order chi connectivity index (χ1) is 29.5. The number of aromatic nitrogens is 1. The minimum atomic E-state index is 0.0141. The molecule has 0 saturated carbocycles. The first-order valence-corrected chi connectivity index (χ1v) is 21.6. The number of rotatable bonds is 8. The lowest BCUT2D eigenvalue weighted by atomic mass is 9.59. The monoisotopic (exact) mass is 791 g/mol. The van der Waals surface area contributed by atoms with Gasteiger partial charge in [0.2, 0.25) is 0 Å². The molecule has 9 aromatic rings. The highest BCUT2D eigenvalue weighted by Gasteiger charge is 2.56. The lowest BCUT2D eigenvalue weighted by Crippen LogP contribution is -2.42. The average Bonchev–Trinajstić information content (AvgIpc) is 3.66. The molecule has 1 heterocycles. The minimum Gasteiger partial charge on any atom is -0.311 e. The van der Waals surface area contributed by atoms with Crippen molar-refractivity contribution in [1.82, 2.24) is 4.57 Å². The molecule has 0 atom stereocenters. The Morgan fingerprint density at radius 2 is 0.869 bits per heavy atom. The van der Waals surface area contributed by atoms with E-state index < -0.39 is 0 Å². The molecule has 10 rings (SSSR count). The Morgan fingerprint density at radius 1 is 0.377 bits per heavy atom. The highest BCUT2D eigenvalue weighted by atomic mass is 15.1. The first-order valence-electron chi connectivity index (χ1n) is 21.6. The van der Waals surface area contributed by atoms with Crippen molar-refractivity contribution in [2.75, 3.05) is 9.80 Å². The Kier molecular flexibility index (Phi) is 9.07. The fraction of sp³-hybridized carbons (Fsp3) is 0.172. The zero-order valence-electron chi connectivity index (χ0n) is 36.3. The molecule has 1 aliphatic rings. The van der Waals surface area contributed by atoms with Crippen LogP contribution in [0.15, 0.2) is 194 Å². The molecule has 8 aromatic carbocycles. The van der Waals surface area contributed by atoms with Crippen molar-refractivity contribution in [2.45, 2.75) is 59.3 Å². The summed E-state index contributed by atoms with van der Waals surface area (Å²) in [6.07, 6.45) is 0. The molecule has 0 amide bonds. The van der Waals surface area contributed by atoms with Gasteiger partial charge in [-0.15, -0.1) is 0 Å². The molecule has 0 aliphatic heterocycles. The zero-order chi connectivity index (χ0) is 42.1. The van der Waals surface area contributed by atoms with Crippen LogP contribution in [0.2, 0.25) is 0 Å². The van der Waals surface area contributed by atoms with Gasteiger partial charge in [0.25, 0.3) is 0 Å². The van der Waals surface area contributed by atoms with Gasteiger partial charge in [-0.25, -0.2) is 0 Å². The molecule has 3 nitrogen and oxygen atoms in total. The van der Waals surface area contributed by atoms with Crippen molar-refractivity contribution < 1.29 is 0 Å². The molecule has 1 aliphatic carbocycles. The molecule has 0 bridgehead atoms. The number of para-hydroxylation sites is 4. The molecule has 0 radical (unpaired) electrons. The highest BCUT2D eigenvalue weighted by Crippen LogP contribution is 2.62. The van der Waals surface area contributed by atoms with E-state index in [1.165, 1.54) is 61.0 Å². The van der Waals surface area contributed by atoms with E-state index in [2.05, 4.69) is 257 Å². The fourth-order valence-electron chi connectivity index (χ4n) is 10.1. The number of aryl methyl sites for hydroxylation is 1. The molecule has 1 aromatic heterocycles. The van der Waals surface area contributed by atoms with Gasteiger partial charge in [0.05, 0.1) is 11.0 Å². The number of anilines is 6. The molecular weight excluding hydrogens is 739 g/mol. The van der Waals surface area contributed by atoms with Crippen molar-refractivity contribution in [3.63, 3.8) is 0 Å². The van der Waals surface area contributed by atoms with Crippen LogP contribution in [0.5, 0.6) is 0 Å². The van der Waals surface area contributed by atoms with Crippen molar-refractivity contribution in [1.29, 1.82) is 0 Å².